The van der Waals surface area contributed by atoms with Gasteiger partial charge in [0.15, 0.2) is 0 Å². The van der Waals surface area contributed by atoms with Crippen LogP contribution in [0.15, 0.2) is 53.9 Å². The number of amides is 1. The van der Waals surface area contributed by atoms with Gasteiger partial charge in [-0.3, -0.25) is 0 Å². The number of carbonyl (C=O) groups is 3. The molecule has 2 aliphatic rings. The zero-order valence-corrected chi connectivity index (χ0v) is 21.8. The molecule has 0 radical (unpaired) electrons. The summed E-state index contributed by atoms with van der Waals surface area (Å²) in [7, 11) is 2.39. The Morgan fingerprint density at radius 1 is 1.03 bits per heavy atom. The smallest absolute Gasteiger partial charge is 0.410 e. The molecule has 0 unspecified atom stereocenters. The van der Waals surface area contributed by atoms with Gasteiger partial charge < -0.3 is 28.7 Å². The van der Waals surface area contributed by atoms with Crippen molar-refractivity contribution in [3.63, 3.8) is 0 Å². The molecule has 200 valence electrons. The van der Waals surface area contributed by atoms with Crippen LogP contribution in [0.1, 0.15) is 33.6 Å². The lowest BCUT2D eigenvalue weighted by atomic mass is 9.98. The van der Waals surface area contributed by atoms with Gasteiger partial charge in [-0.25, -0.2) is 18.8 Å². The molecule has 0 atom stereocenters. The SMILES string of the molecule is COC(=O)C1=C(C(=O)OC)N(c2cc(F)ccc2OCC2CCN(C(=O)OC(C)(C)C)CC2)C=CC=C1. The maximum Gasteiger partial charge on any atom is 0.410 e. The van der Waals surface area contributed by atoms with Crippen molar-refractivity contribution in [2.45, 2.75) is 39.2 Å². The number of allylic oxidation sites excluding steroid dienone is 2. The fourth-order valence-electron chi connectivity index (χ4n) is 3.97. The quantitative estimate of drug-likeness (QED) is 0.407. The van der Waals surface area contributed by atoms with Gasteiger partial charge in [0, 0.05) is 25.4 Å². The summed E-state index contributed by atoms with van der Waals surface area (Å²) in [6, 6.07) is 3.94. The fraction of sp³-hybridized carbons (Fsp3) is 0.444. The second kappa shape index (κ2) is 11.9. The van der Waals surface area contributed by atoms with Crippen LogP contribution >= 0.6 is 0 Å². The summed E-state index contributed by atoms with van der Waals surface area (Å²) in [6.07, 6.45) is 7.18. The summed E-state index contributed by atoms with van der Waals surface area (Å²) < 4.78 is 35.7. The Hall–Kier alpha value is -3.82. The lowest BCUT2D eigenvalue weighted by molar-refractivity contribution is -0.139. The molecule has 3 rings (SSSR count). The van der Waals surface area contributed by atoms with Crippen LogP contribution in [0.5, 0.6) is 5.75 Å². The molecule has 0 aliphatic carbocycles. The lowest BCUT2D eigenvalue weighted by Gasteiger charge is -2.33. The van der Waals surface area contributed by atoms with Gasteiger partial charge in [-0.1, -0.05) is 6.08 Å². The van der Waals surface area contributed by atoms with E-state index in [2.05, 4.69) is 0 Å². The predicted octanol–water partition coefficient (Wildman–Crippen LogP) is 4.34. The predicted molar refractivity (Wildman–Crippen MR) is 134 cm³/mol. The Labute approximate surface area is 216 Å². The minimum absolute atomic E-state index is 0.0518. The zero-order chi connectivity index (χ0) is 27.2. The van der Waals surface area contributed by atoms with Crippen LogP contribution in [0, 0.1) is 11.7 Å². The maximum atomic E-state index is 14.4. The number of ether oxygens (including phenoxy) is 4. The number of halogens is 1. The summed E-state index contributed by atoms with van der Waals surface area (Å²) in [5.41, 5.74) is -0.532. The molecule has 2 aliphatic heterocycles. The van der Waals surface area contributed by atoms with E-state index >= 15 is 0 Å². The van der Waals surface area contributed by atoms with E-state index in [-0.39, 0.29) is 29.0 Å². The highest BCUT2D eigenvalue weighted by Crippen LogP contribution is 2.35. The number of benzene rings is 1. The van der Waals surface area contributed by atoms with Crippen molar-refractivity contribution in [3.8, 4) is 5.75 Å². The van der Waals surface area contributed by atoms with Crippen LogP contribution in [-0.4, -0.2) is 62.4 Å². The van der Waals surface area contributed by atoms with Crippen molar-refractivity contribution in [2.75, 3.05) is 38.8 Å². The number of anilines is 1. The second-order valence-electron chi connectivity index (χ2n) is 9.65. The number of hydrogen-bond acceptors (Lipinski definition) is 8. The minimum Gasteiger partial charge on any atom is -0.491 e. The highest BCUT2D eigenvalue weighted by atomic mass is 19.1. The van der Waals surface area contributed by atoms with Crippen LogP contribution in [0.2, 0.25) is 0 Å². The van der Waals surface area contributed by atoms with Gasteiger partial charge >= 0.3 is 18.0 Å². The molecular weight excluding hydrogens is 483 g/mol. The second-order valence-corrected chi connectivity index (χ2v) is 9.65. The molecule has 0 N–H and O–H groups in total. The van der Waals surface area contributed by atoms with Crippen LogP contribution in [-0.2, 0) is 23.8 Å². The lowest BCUT2D eigenvalue weighted by Crippen LogP contribution is -2.42. The Balaban J connectivity index is 1.80. The molecule has 0 aromatic heterocycles. The Morgan fingerprint density at radius 3 is 2.32 bits per heavy atom. The molecule has 0 bridgehead atoms. The van der Waals surface area contributed by atoms with Gasteiger partial charge in [0.25, 0.3) is 0 Å². The summed E-state index contributed by atoms with van der Waals surface area (Å²) in [5, 5.41) is 0. The number of rotatable bonds is 6. The van der Waals surface area contributed by atoms with Gasteiger partial charge in [0.1, 0.15) is 22.9 Å². The number of hydrogen-bond donors (Lipinski definition) is 0. The first-order chi connectivity index (χ1) is 17.5. The van der Waals surface area contributed by atoms with Gasteiger partial charge in [-0.15, -0.1) is 0 Å². The minimum atomic E-state index is -0.804. The highest BCUT2D eigenvalue weighted by Gasteiger charge is 2.30. The largest absolute Gasteiger partial charge is 0.491 e. The third kappa shape index (κ3) is 7.12. The molecule has 37 heavy (non-hydrogen) atoms. The van der Waals surface area contributed by atoms with Crippen molar-refractivity contribution < 1.29 is 37.7 Å². The van der Waals surface area contributed by atoms with Crippen LogP contribution in [0.25, 0.3) is 0 Å². The molecular formula is C27H33FN2O7. The Kier molecular flexibility index (Phi) is 8.96. The fourth-order valence-corrected chi connectivity index (χ4v) is 3.97. The van der Waals surface area contributed by atoms with Crippen LogP contribution in [0.3, 0.4) is 0 Å². The van der Waals surface area contributed by atoms with Crippen molar-refractivity contribution in [1.29, 1.82) is 0 Å². The Morgan fingerprint density at radius 2 is 1.70 bits per heavy atom. The number of likely N-dealkylation sites (tertiary alicyclic amines) is 1. The first kappa shape index (κ1) is 27.8. The van der Waals surface area contributed by atoms with E-state index in [9.17, 15) is 18.8 Å². The summed E-state index contributed by atoms with van der Waals surface area (Å²) in [4.78, 5) is 40.5. The normalized spacial score (nSPS) is 16.4. The van der Waals surface area contributed by atoms with E-state index in [1.807, 2.05) is 20.8 Å². The van der Waals surface area contributed by atoms with E-state index in [4.69, 9.17) is 18.9 Å². The number of esters is 2. The topological polar surface area (TPSA) is 94.6 Å². The van der Waals surface area contributed by atoms with Crippen molar-refractivity contribution in [3.05, 3.63) is 59.7 Å². The van der Waals surface area contributed by atoms with E-state index in [1.165, 1.54) is 49.6 Å². The summed E-state index contributed by atoms with van der Waals surface area (Å²) >= 11 is 0. The summed E-state index contributed by atoms with van der Waals surface area (Å²) in [5.74, 6) is -1.64. The number of piperidine rings is 1. The molecule has 1 saturated heterocycles. The maximum absolute atomic E-state index is 14.4. The molecule has 0 spiro atoms. The van der Waals surface area contributed by atoms with Crippen molar-refractivity contribution >= 4 is 23.7 Å². The van der Waals surface area contributed by atoms with Crippen molar-refractivity contribution in [1.82, 2.24) is 4.90 Å². The van der Waals surface area contributed by atoms with Gasteiger partial charge in [-0.2, -0.15) is 0 Å². The molecule has 0 saturated carbocycles. The molecule has 9 nitrogen and oxygen atoms in total. The van der Waals surface area contributed by atoms with Crippen LogP contribution in [0.4, 0.5) is 14.9 Å². The van der Waals surface area contributed by atoms with Gasteiger partial charge in [0.2, 0.25) is 0 Å². The van der Waals surface area contributed by atoms with Gasteiger partial charge in [-0.05, 0) is 63.8 Å². The molecule has 1 fully saturated rings. The average molecular weight is 517 g/mol. The third-order valence-electron chi connectivity index (χ3n) is 5.81. The van der Waals surface area contributed by atoms with Crippen LogP contribution < -0.4 is 9.64 Å². The average Bonchev–Trinajstić information content (AvgIpc) is 3.09. The zero-order valence-electron chi connectivity index (χ0n) is 21.8. The van der Waals surface area contributed by atoms with E-state index < -0.39 is 23.4 Å². The first-order valence-electron chi connectivity index (χ1n) is 12.0. The van der Waals surface area contributed by atoms with E-state index in [0.29, 0.717) is 38.3 Å². The third-order valence-corrected chi connectivity index (χ3v) is 5.81. The van der Waals surface area contributed by atoms with E-state index in [1.54, 1.807) is 17.1 Å². The molecule has 1 aromatic rings. The number of carbonyl (C=O) groups excluding carboxylic acids is 3. The molecule has 10 heteroatoms. The Bertz CT molecular complexity index is 1110. The number of methoxy groups -OCH3 is 2. The van der Waals surface area contributed by atoms with Crippen molar-refractivity contribution in [2.24, 2.45) is 5.92 Å². The van der Waals surface area contributed by atoms with E-state index in [0.717, 1.165) is 0 Å². The molecule has 2 heterocycles. The number of nitrogens with zero attached hydrogens (tertiary/aromatic N) is 2. The summed E-state index contributed by atoms with van der Waals surface area (Å²) in [6.45, 7) is 6.88. The highest BCUT2D eigenvalue weighted by molar-refractivity contribution is 6.05. The standard InChI is InChI=1S/C27H33FN2O7/c1-27(2,3)37-26(33)29-14-11-18(12-15-29)17-36-22-10-9-19(28)16-21(22)30-13-7-6-8-20(24(31)34-4)23(30)25(32)35-5/h6-10,13,16,18H,11-12,14-15,17H2,1-5H3. The first-order valence-corrected chi connectivity index (χ1v) is 12.0. The monoisotopic (exact) mass is 516 g/mol. The van der Waals surface area contributed by atoms with Gasteiger partial charge in [0.05, 0.1) is 32.1 Å². The molecule has 1 aromatic carbocycles. The molecule has 1 amide bonds.